The molecule has 1 saturated heterocycles. The van der Waals surface area contributed by atoms with E-state index in [1.54, 1.807) is 11.3 Å². The smallest absolute Gasteiger partial charge is 0.256 e. The Morgan fingerprint density at radius 3 is 2.73 bits per heavy atom. The number of rotatable bonds is 5. The molecule has 1 amide bonds. The van der Waals surface area contributed by atoms with Crippen LogP contribution < -0.4 is 10.6 Å². The highest BCUT2D eigenvalue weighted by Gasteiger charge is 2.33. The summed E-state index contributed by atoms with van der Waals surface area (Å²) in [5, 5.41) is 4.10. The molecule has 1 aromatic carbocycles. The largest absolute Gasteiger partial charge is 0.364 e. The monoisotopic (exact) mass is 316 g/mol. The third kappa shape index (κ3) is 3.38. The first-order valence-electron chi connectivity index (χ1n) is 7.51. The lowest BCUT2D eigenvalue weighted by atomic mass is 10.1. The van der Waals surface area contributed by atoms with Gasteiger partial charge < -0.3 is 15.4 Å². The van der Waals surface area contributed by atoms with Crippen molar-refractivity contribution in [2.75, 3.05) is 11.4 Å². The second-order valence-electron chi connectivity index (χ2n) is 5.45. The van der Waals surface area contributed by atoms with Crippen molar-refractivity contribution in [2.45, 2.75) is 31.6 Å². The van der Waals surface area contributed by atoms with Gasteiger partial charge in [-0.3, -0.25) is 4.79 Å². The van der Waals surface area contributed by atoms with Gasteiger partial charge in [-0.05, 0) is 47.4 Å². The lowest BCUT2D eigenvalue weighted by Gasteiger charge is -2.25. The predicted octanol–water partition coefficient (Wildman–Crippen LogP) is 2.79. The van der Waals surface area contributed by atoms with Crippen molar-refractivity contribution in [1.29, 1.82) is 0 Å². The first-order chi connectivity index (χ1) is 10.8. The zero-order valence-electron chi connectivity index (χ0n) is 12.4. The van der Waals surface area contributed by atoms with Crippen LogP contribution in [0.25, 0.3) is 0 Å². The van der Waals surface area contributed by atoms with Crippen molar-refractivity contribution in [3.8, 4) is 0 Å². The molecule has 2 heterocycles. The predicted molar refractivity (Wildman–Crippen MR) is 88.9 cm³/mol. The fourth-order valence-electron chi connectivity index (χ4n) is 2.70. The van der Waals surface area contributed by atoms with Crippen molar-refractivity contribution in [3.05, 3.63) is 52.7 Å². The normalized spacial score (nSPS) is 21.0. The average Bonchev–Trinajstić information content (AvgIpc) is 3.24. The summed E-state index contributed by atoms with van der Waals surface area (Å²) in [5.74, 6) is 0.0216. The molecule has 0 saturated carbocycles. The molecule has 0 spiro atoms. The second kappa shape index (κ2) is 7.05. The zero-order valence-corrected chi connectivity index (χ0v) is 13.2. The van der Waals surface area contributed by atoms with Crippen LogP contribution in [0.15, 0.2) is 47.2 Å². The van der Waals surface area contributed by atoms with Gasteiger partial charge in [-0.2, -0.15) is 11.3 Å². The molecule has 2 N–H and O–H groups in total. The molecule has 0 bridgehead atoms. The van der Waals surface area contributed by atoms with E-state index in [0.717, 1.165) is 24.1 Å². The number of thiophene rings is 1. The first-order valence-corrected chi connectivity index (χ1v) is 8.45. The molecule has 0 aliphatic carbocycles. The minimum Gasteiger partial charge on any atom is -0.364 e. The summed E-state index contributed by atoms with van der Waals surface area (Å²) in [5.41, 5.74) is 7.68. The highest BCUT2D eigenvalue weighted by Crippen LogP contribution is 2.25. The highest BCUT2D eigenvalue weighted by molar-refractivity contribution is 7.07. The molecular formula is C17H20N2O2S. The second-order valence-corrected chi connectivity index (χ2v) is 6.23. The molecule has 2 atom stereocenters. The summed E-state index contributed by atoms with van der Waals surface area (Å²) in [6, 6.07) is 11.8. The van der Waals surface area contributed by atoms with Crippen molar-refractivity contribution < 1.29 is 9.53 Å². The number of carbonyl (C=O) groups excluding carboxylic acids is 1. The van der Waals surface area contributed by atoms with Crippen molar-refractivity contribution >= 4 is 22.9 Å². The van der Waals surface area contributed by atoms with Crippen LogP contribution in [0.5, 0.6) is 0 Å². The summed E-state index contributed by atoms with van der Waals surface area (Å²) in [6.45, 7) is 1.04. The number of hydrogen-bond donors (Lipinski definition) is 1. The SMILES string of the molecule is NC[C@H]1CC[C@@H](C(=O)N(Cc2ccsc2)c2ccccc2)O1. The van der Waals surface area contributed by atoms with Crippen LogP contribution in [-0.4, -0.2) is 24.7 Å². The van der Waals surface area contributed by atoms with E-state index in [4.69, 9.17) is 10.5 Å². The molecule has 1 fully saturated rings. The minimum absolute atomic E-state index is 0.00715. The lowest BCUT2D eigenvalue weighted by Crippen LogP contribution is -2.39. The summed E-state index contributed by atoms with van der Waals surface area (Å²) in [7, 11) is 0. The number of nitrogens with zero attached hydrogens (tertiary/aromatic N) is 1. The van der Waals surface area contributed by atoms with Crippen LogP contribution in [0, 0.1) is 0 Å². The van der Waals surface area contributed by atoms with Crippen LogP contribution in [0.3, 0.4) is 0 Å². The molecule has 1 aliphatic rings. The molecule has 0 radical (unpaired) electrons. The average molecular weight is 316 g/mol. The number of para-hydroxylation sites is 1. The van der Waals surface area contributed by atoms with Crippen LogP contribution in [0.1, 0.15) is 18.4 Å². The number of benzene rings is 1. The van der Waals surface area contributed by atoms with Gasteiger partial charge in [-0.25, -0.2) is 0 Å². The molecular weight excluding hydrogens is 296 g/mol. The quantitative estimate of drug-likeness (QED) is 0.923. The molecule has 1 aromatic heterocycles. The van der Waals surface area contributed by atoms with Crippen LogP contribution in [0.4, 0.5) is 5.69 Å². The minimum atomic E-state index is -0.382. The van der Waals surface area contributed by atoms with Crippen molar-refractivity contribution in [1.82, 2.24) is 0 Å². The van der Waals surface area contributed by atoms with Gasteiger partial charge in [0.2, 0.25) is 0 Å². The lowest BCUT2D eigenvalue weighted by molar-refractivity contribution is -0.129. The third-order valence-corrected chi connectivity index (χ3v) is 4.63. The molecule has 0 unspecified atom stereocenters. The number of nitrogens with two attached hydrogens (primary N) is 1. The number of hydrogen-bond acceptors (Lipinski definition) is 4. The molecule has 116 valence electrons. The summed E-state index contributed by atoms with van der Waals surface area (Å²) in [4.78, 5) is 14.7. The highest BCUT2D eigenvalue weighted by atomic mass is 32.1. The number of carbonyl (C=O) groups is 1. The third-order valence-electron chi connectivity index (χ3n) is 3.90. The van der Waals surface area contributed by atoms with Gasteiger partial charge in [0.1, 0.15) is 6.10 Å². The summed E-state index contributed by atoms with van der Waals surface area (Å²) < 4.78 is 5.78. The van der Waals surface area contributed by atoms with E-state index in [1.807, 2.05) is 46.7 Å². The Hall–Kier alpha value is -1.69. The molecule has 3 rings (SSSR count). The summed E-state index contributed by atoms with van der Waals surface area (Å²) >= 11 is 1.64. The van der Waals surface area contributed by atoms with E-state index in [-0.39, 0.29) is 18.1 Å². The zero-order chi connectivity index (χ0) is 15.4. The standard InChI is InChI=1S/C17H20N2O2S/c18-10-15-6-7-16(21-15)17(20)19(11-13-8-9-22-12-13)14-4-2-1-3-5-14/h1-5,8-9,12,15-16H,6-7,10-11,18H2/t15-,16+/m1/s1. The Morgan fingerprint density at radius 1 is 1.27 bits per heavy atom. The van der Waals surface area contributed by atoms with E-state index in [0.29, 0.717) is 13.1 Å². The van der Waals surface area contributed by atoms with Crippen molar-refractivity contribution in [3.63, 3.8) is 0 Å². The Morgan fingerprint density at radius 2 is 2.09 bits per heavy atom. The van der Waals surface area contributed by atoms with Crippen LogP contribution >= 0.6 is 11.3 Å². The molecule has 5 heteroatoms. The topological polar surface area (TPSA) is 55.6 Å². The van der Waals surface area contributed by atoms with E-state index in [2.05, 4.69) is 5.38 Å². The van der Waals surface area contributed by atoms with Gasteiger partial charge >= 0.3 is 0 Å². The maximum Gasteiger partial charge on any atom is 0.256 e. The van der Waals surface area contributed by atoms with Gasteiger partial charge in [0.05, 0.1) is 12.6 Å². The molecule has 2 aromatic rings. The van der Waals surface area contributed by atoms with Crippen LogP contribution in [-0.2, 0) is 16.1 Å². The number of ether oxygens (including phenoxy) is 1. The molecule has 1 aliphatic heterocycles. The van der Waals surface area contributed by atoms with Gasteiger partial charge in [0.25, 0.3) is 5.91 Å². The van der Waals surface area contributed by atoms with Gasteiger partial charge in [0, 0.05) is 12.2 Å². The maximum absolute atomic E-state index is 12.9. The van der Waals surface area contributed by atoms with Gasteiger partial charge in [-0.15, -0.1) is 0 Å². The fourth-order valence-corrected chi connectivity index (χ4v) is 3.36. The maximum atomic E-state index is 12.9. The Kier molecular flexibility index (Phi) is 4.87. The van der Waals surface area contributed by atoms with E-state index in [1.165, 1.54) is 0 Å². The van der Waals surface area contributed by atoms with E-state index in [9.17, 15) is 4.79 Å². The number of amides is 1. The van der Waals surface area contributed by atoms with Crippen LogP contribution in [0.2, 0.25) is 0 Å². The van der Waals surface area contributed by atoms with Gasteiger partial charge in [0.15, 0.2) is 0 Å². The molecule has 22 heavy (non-hydrogen) atoms. The Balaban J connectivity index is 1.80. The Labute approximate surface area is 134 Å². The Bertz CT molecular complexity index is 600. The summed E-state index contributed by atoms with van der Waals surface area (Å²) in [6.07, 6.45) is 1.22. The van der Waals surface area contributed by atoms with E-state index < -0.39 is 0 Å². The van der Waals surface area contributed by atoms with Crippen molar-refractivity contribution in [2.24, 2.45) is 5.73 Å². The van der Waals surface area contributed by atoms with E-state index >= 15 is 0 Å². The first kappa shape index (κ1) is 15.2. The van der Waals surface area contributed by atoms with Gasteiger partial charge in [-0.1, -0.05) is 18.2 Å². The number of anilines is 1. The fraction of sp³-hybridized carbons (Fsp3) is 0.353. The molecule has 4 nitrogen and oxygen atoms in total.